The van der Waals surface area contributed by atoms with Gasteiger partial charge >= 0.3 is 0 Å². The van der Waals surface area contributed by atoms with Crippen molar-refractivity contribution < 1.29 is 9.47 Å². The van der Waals surface area contributed by atoms with Gasteiger partial charge in [-0.15, -0.1) is 0 Å². The van der Waals surface area contributed by atoms with Gasteiger partial charge in [0.2, 0.25) is 0 Å². The number of rotatable bonds is 7. The summed E-state index contributed by atoms with van der Waals surface area (Å²) in [7, 11) is 1.49. The smallest absolute Gasteiger partial charge is 0.179 e. The Balaban J connectivity index is 2.48. The van der Waals surface area contributed by atoms with Gasteiger partial charge in [0.05, 0.1) is 34.6 Å². The molecule has 0 radical (unpaired) electrons. The van der Waals surface area contributed by atoms with Crippen LogP contribution in [0, 0.1) is 11.3 Å². The van der Waals surface area contributed by atoms with Crippen molar-refractivity contribution in [2.24, 2.45) is 11.5 Å². The highest BCUT2D eigenvalue weighted by Gasteiger charge is 2.15. The summed E-state index contributed by atoms with van der Waals surface area (Å²) in [6.07, 6.45) is 5.48. The van der Waals surface area contributed by atoms with E-state index in [0.29, 0.717) is 32.8 Å². The van der Waals surface area contributed by atoms with Gasteiger partial charge in [0.1, 0.15) is 12.2 Å². The molecule has 7 nitrogen and oxygen atoms in total. The number of halogens is 2. The number of pyridine rings is 2. The maximum atomic E-state index is 9.54. The van der Waals surface area contributed by atoms with Gasteiger partial charge in [-0.2, -0.15) is 5.26 Å². The zero-order chi connectivity index (χ0) is 19.1. The number of allylic oxidation sites excluding steroid dienone is 1. The summed E-state index contributed by atoms with van der Waals surface area (Å²) >= 11 is 12.2. The van der Waals surface area contributed by atoms with Crippen LogP contribution in [0.25, 0.3) is 11.6 Å². The molecule has 0 aromatic carbocycles. The molecule has 2 aromatic heterocycles. The predicted molar refractivity (Wildman–Crippen MR) is 101 cm³/mol. The molecule has 0 saturated heterocycles. The molecule has 0 bridgehead atoms. The Hall–Kier alpha value is -2.37. The van der Waals surface area contributed by atoms with Crippen molar-refractivity contribution >= 4 is 34.9 Å². The topological polar surface area (TPSA) is 120 Å². The molecular weight excluding hydrogens is 377 g/mol. The molecule has 4 N–H and O–H groups in total. The van der Waals surface area contributed by atoms with Crippen molar-refractivity contribution in [3.05, 3.63) is 46.0 Å². The van der Waals surface area contributed by atoms with Gasteiger partial charge in [0.25, 0.3) is 0 Å². The number of nitrogens with zero attached hydrogens (tertiary/aromatic N) is 3. The molecule has 0 saturated carbocycles. The van der Waals surface area contributed by atoms with E-state index in [4.69, 9.17) is 44.1 Å². The lowest BCUT2D eigenvalue weighted by Crippen LogP contribution is -2.34. The molecule has 0 fully saturated rings. The van der Waals surface area contributed by atoms with Gasteiger partial charge < -0.3 is 20.9 Å². The van der Waals surface area contributed by atoms with Crippen molar-refractivity contribution in [2.45, 2.75) is 6.10 Å². The summed E-state index contributed by atoms with van der Waals surface area (Å²) in [5, 5.41) is 10.2. The third-order valence-corrected chi connectivity index (χ3v) is 4.05. The van der Waals surface area contributed by atoms with Crippen LogP contribution in [-0.4, -0.2) is 36.3 Å². The third kappa shape index (κ3) is 4.62. The van der Waals surface area contributed by atoms with E-state index in [1.54, 1.807) is 6.07 Å². The molecule has 136 valence electrons. The molecule has 0 aliphatic heterocycles. The Bertz CT molecular complexity index is 827. The molecule has 2 rings (SSSR count). The normalized spacial score (nSPS) is 11.3. The molecule has 0 unspecified atom stereocenters. The van der Waals surface area contributed by atoms with Crippen LogP contribution in [0.3, 0.4) is 0 Å². The molecule has 0 amide bonds. The number of methoxy groups -OCH3 is 1. The Kier molecular flexibility index (Phi) is 7.18. The van der Waals surface area contributed by atoms with Crippen LogP contribution in [0.4, 0.5) is 0 Å². The lowest BCUT2D eigenvalue weighted by Gasteiger charge is -2.17. The van der Waals surface area contributed by atoms with E-state index in [1.165, 1.54) is 31.8 Å². The second-order valence-corrected chi connectivity index (χ2v) is 5.93. The molecule has 0 aliphatic carbocycles. The number of hydrogen-bond donors (Lipinski definition) is 2. The summed E-state index contributed by atoms with van der Waals surface area (Å²) in [4.78, 5) is 8.12. The molecule has 26 heavy (non-hydrogen) atoms. The molecule has 0 atom stereocenters. The van der Waals surface area contributed by atoms with Crippen LogP contribution in [0.15, 0.2) is 24.7 Å². The molecule has 0 aliphatic rings. The number of ether oxygens (including phenoxy) is 2. The van der Waals surface area contributed by atoms with Crippen LogP contribution < -0.4 is 20.9 Å². The minimum atomic E-state index is -0.391. The van der Waals surface area contributed by atoms with Crippen LogP contribution >= 0.6 is 23.2 Å². The number of aromatic nitrogens is 2. The zero-order valence-corrected chi connectivity index (χ0v) is 15.5. The van der Waals surface area contributed by atoms with Crippen LogP contribution in [0.5, 0.6) is 11.5 Å². The molecule has 0 spiro atoms. The van der Waals surface area contributed by atoms with Crippen LogP contribution in [-0.2, 0) is 0 Å². The van der Waals surface area contributed by atoms with Gasteiger partial charge in [0.15, 0.2) is 11.5 Å². The number of nitrogens with two attached hydrogens (primary N) is 2. The maximum absolute atomic E-state index is 9.54. The van der Waals surface area contributed by atoms with Crippen LogP contribution in [0.1, 0.15) is 11.3 Å². The summed E-state index contributed by atoms with van der Waals surface area (Å²) in [6, 6.07) is 3.66. The van der Waals surface area contributed by atoms with Crippen molar-refractivity contribution in [2.75, 3.05) is 20.2 Å². The molecule has 2 aromatic rings. The summed E-state index contributed by atoms with van der Waals surface area (Å²) in [5.74, 6) is 0.782. The SMILES string of the molecule is COc1cnc(C(C#N)=Cc2c(Cl)cncc2Cl)cc1OC(CN)CN. The highest BCUT2D eigenvalue weighted by atomic mass is 35.5. The average Bonchev–Trinajstić information content (AvgIpc) is 2.66. The van der Waals surface area contributed by atoms with E-state index in [9.17, 15) is 5.26 Å². The lowest BCUT2D eigenvalue weighted by molar-refractivity contribution is 0.207. The van der Waals surface area contributed by atoms with Crippen molar-refractivity contribution in [3.8, 4) is 17.6 Å². The lowest BCUT2D eigenvalue weighted by atomic mass is 10.1. The second-order valence-electron chi connectivity index (χ2n) is 5.12. The Morgan fingerprint density at radius 1 is 1.23 bits per heavy atom. The fourth-order valence-corrected chi connectivity index (χ4v) is 2.53. The monoisotopic (exact) mass is 393 g/mol. The molecule has 9 heteroatoms. The minimum Gasteiger partial charge on any atom is -0.491 e. The van der Waals surface area contributed by atoms with Crippen molar-refractivity contribution in [1.29, 1.82) is 5.26 Å². The van der Waals surface area contributed by atoms with Gasteiger partial charge in [0, 0.05) is 37.1 Å². The standard InChI is InChI=1S/C17H17Cl2N5O2/c1-25-17-9-24-15(3-16(17)26-11(5-21)6-22)10(4-20)2-12-13(18)7-23-8-14(12)19/h2-3,7-9,11H,5-6,21-22H2,1H3. The maximum Gasteiger partial charge on any atom is 0.179 e. The third-order valence-electron chi connectivity index (χ3n) is 3.45. The fourth-order valence-electron chi connectivity index (χ4n) is 2.06. The quantitative estimate of drug-likeness (QED) is 0.693. The largest absolute Gasteiger partial charge is 0.491 e. The molecular formula is C17H17Cl2N5O2. The van der Waals surface area contributed by atoms with Gasteiger partial charge in [-0.25, -0.2) is 0 Å². The Morgan fingerprint density at radius 2 is 1.88 bits per heavy atom. The number of nitriles is 1. The van der Waals surface area contributed by atoms with Crippen molar-refractivity contribution in [3.63, 3.8) is 0 Å². The van der Waals surface area contributed by atoms with Gasteiger partial charge in [-0.3, -0.25) is 9.97 Å². The van der Waals surface area contributed by atoms with Crippen LogP contribution in [0.2, 0.25) is 10.0 Å². The first-order chi connectivity index (χ1) is 12.5. The first-order valence-corrected chi connectivity index (χ1v) is 8.31. The number of hydrogen-bond acceptors (Lipinski definition) is 7. The van der Waals surface area contributed by atoms with Gasteiger partial charge in [-0.05, 0) is 6.08 Å². The van der Waals surface area contributed by atoms with E-state index in [-0.39, 0.29) is 18.7 Å². The van der Waals surface area contributed by atoms with E-state index in [0.717, 1.165) is 0 Å². The first-order valence-electron chi connectivity index (χ1n) is 7.56. The summed E-state index contributed by atoms with van der Waals surface area (Å²) < 4.78 is 11.0. The highest BCUT2D eigenvalue weighted by molar-refractivity contribution is 6.37. The zero-order valence-electron chi connectivity index (χ0n) is 13.9. The minimum absolute atomic E-state index is 0.237. The Morgan fingerprint density at radius 3 is 2.42 bits per heavy atom. The van der Waals surface area contributed by atoms with E-state index in [2.05, 4.69) is 16.0 Å². The molecule has 2 heterocycles. The fraction of sp³-hybridized carbons (Fsp3) is 0.235. The predicted octanol–water partition coefficient (Wildman–Crippen LogP) is 2.52. The average molecular weight is 394 g/mol. The summed E-state index contributed by atoms with van der Waals surface area (Å²) in [5.41, 5.74) is 12.3. The Labute approximate surface area is 161 Å². The summed E-state index contributed by atoms with van der Waals surface area (Å²) in [6.45, 7) is 0.473. The van der Waals surface area contributed by atoms with E-state index < -0.39 is 6.10 Å². The van der Waals surface area contributed by atoms with E-state index in [1.807, 2.05) is 0 Å². The van der Waals surface area contributed by atoms with E-state index >= 15 is 0 Å². The van der Waals surface area contributed by atoms with Gasteiger partial charge in [-0.1, -0.05) is 23.2 Å². The second kappa shape index (κ2) is 9.36. The van der Waals surface area contributed by atoms with Crippen molar-refractivity contribution in [1.82, 2.24) is 9.97 Å². The first kappa shape index (κ1) is 19.9. The highest BCUT2D eigenvalue weighted by Crippen LogP contribution is 2.32.